The summed E-state index contributed by atoms with van der Waals surface area (Å²) in [7, 11) is 0. The van der Waals surface area contributed by atoms with Crippen LogP contribution >= 0.6 is 11.3 Å². The summed E-state index contributed by atoms with van der Waals surface area (Å²) < 4.78 is 42.4. The van der Waals surface area contributed by atoms with E-state index < -0.39 is 17.7 Å². The molecule has 3 aromatic heterocycles. The Morgan fingerprint density at radius 3 is 2.58 bits per heavy atom. The Morgan fingerprint density at radius 2 is 1.89 bits per heavy atom. The zero-order valence-corrected chi connectivity index (χ0v) is 21.0. The van der Waals surface area contributed by atoms with Gasteiger partial charge in [-0.3, -0.25) is 0 Å². The number of thiophene rings is 1. The summed E-state index contributed by atoms with van der Waals surface area (Å²) in [6.45, 7) is 2.21. The first-order valence-corrected chi connectivity index (χ1v) is 13.0. The second-order valence-electron chi connectivity index (χ2n) is 9.53. The van der Waals surface area contributed by atoms with Gasteiger partial charge in [-0.15, -0.1) is 11.3 Å². The predicted molar refractivity (Wildman–Crippen MR) is 139 cm³/mol. The molecule has 1 saturated carbocycles. The van der Waals surface area contributed by atoms with Gasteiger partial charge in [0.2, 0.25) is 5.82 Å². The van der Waals surface area contributed by atoms with Crippen LogP contribution in [0.5, 0.6) is 0 Å². The van der Waals surface area contributed by atoms with Crippen molar-refractivity contribution in [3.63, 3.8) is 0 Å². The van der Waals surface area contributed by atoms with Crippen LogP contribution in [0.1, 0.15) is 41.5 Å². The van der Waals surface area contributed by atoms with Crippen molar-refractivity contribution in [3.8, 4) is 11.4 Å². The fourth-order valence-corrected chi connectivity index (χ4v) is 5.39. The molecule has 7 nitrogen and oxygen atoms in total. The van der Waals surface area contributed by atoms with Gasteiger partial charge in [-0.1, -0.05) is 12.1 Å². The topological polar surface area (TPSA) is 92.9 Å². The highest BCUT2D eigenvalue weighted by atomic mass is 32.1. The summed E-state index contributed by atoms with van der Waals surface area (Å²) in [5.41, 5.74) is 1.38. The molecule has 0 radical (unpaired) electrons. The molecule has 2 aromatic carbocycles. The van der Waals surface area contributed by atoms with Crippen molar-refractivity contribution in [3.05, 3.63) is 70.9 Å². The number of halogens is 3. The van der Waals surface area contributed by atoms with Crippen molar-refractivity contribution < 1.29 is 23.1 Å². The Hall–Kier alpha value is -3.99. The minimum absolute atomic E-state index is 0.0507. The minimum atomic E-state index is -4.43. The van der Waals surface area contributed by atoms with E-state index in [9.17, 15) is 23.1 Å². The summed E-state index contributed by atoms with van der Waals surface area (Å²) in [5.74, 6) is -0.323. The first-order chi connectivity index (χ1) is 18.2. The maximum absolute atomic E-state index is 13.2. The van der Waals surface area contributed by atoms with E-state index in [4.69, 9.17) is 4.98 Å². The summed E-state index contributed by atoms with van der Waals surface area (Å²) in [4.78, 5) is 25.1. The van der Waals surface area contributed by atoms with Gasteiger partial charge in [-0.05, 0) is 78.4 Å². The molecule has 3 heterocycles. The largest absolute Gasteiger partial charge is 0.475 e. The molecule has 2 N–H and O–H groups in total. The molecule has 0 amide bonds. The summed E-state index contributed by atoms with van der Waals surface area (Å²) in [6.07, 6.45) is -2.28. The van der Waals surface area contributed by atoms with Gasteiger partial charge < -0.3 is 15.0 Å². The Bertz CT molecular complexity index is 1670. The molecule has 1 aliphatic rings. The number of carboxylic acid groups (broad SMARTS) is 1. The van der Waals surface area contributed by atoms with E-state index in [1.54, 1.807) is 11.3 Å². The molecule has 0 spiro atoms. The number of alkyl halides is 3. The van der Waals surface area contributed by atoms with E-state index in [-0.39, 0.29) is 24.1 Å². The number of fused-ring (bicyclic) bond motifs is 2. The Labute approximate surface area is 219 Å². The number of benzene rings is 2. The molecule has 5 aromatic rings. The van der Waals surface area contributed by atoms with Gasteiger partial charge in [0.15, 0.2) is 11.5 Å². The van der Waals surface area contributed by atoms with Crippen LogP contribution in [0.25, 0.3) is 32.6 Å². The fourth-order valence-electron chi connectivity index (χ4n) is 4.62. The zero-order valence-electron chi connectivity index (χ0n) is 20.2. The molecule has 0 aliphatic heterocycles. The van der Waals surface area contributed by atoms with Gasteiger partial charge in [0.1, 0.15) is 11.3 Å². The number of carbonyl (C=O) groups is 1. The smallest absolute Gasteiger partial charge is 0.416 e. The highest BCUT2D eigenvalue weighted by Crippen LogP contribution is 2.37. The van der Waals surface area contributed by atoms with Crippen LogP contribution < -0.4 is 5.32 Å². The van der Waals surface area contributed by atoms with Crippen molar-refractivity contribution in [1.82, 2.24) is 19.5 Å². The number of rotatable bonds is 7. The van der Waals surface area contributed by atoms with Gasteiger partial charge in [0, 0.05) is 22.8 Å². The molecule has 0 saturated heterocycles. The van der Waals surface area contributed by atoms with Crippen LogP contribution in [0.15, 0.2) is 53.9 Å². The van der Waals surface area contributed by atoms with E-state index >= 15 is 0 Å². The molecule has 6 rings (SSSR count). The molecule has 0 bridgehead atoms. The number of aromatic carboxylic acids is 1. The fraction of sp³-hybridized carbons (Fsp3) is 0.259. The van der Waals surface area contributed by atoms with Gasteiger partial charge in [0.25, 0.3) is 0 Å². The summed E-state index contributed by atoms with van der Waals surface area (Å²) in [6, 6.07) is 12.9. The molecule has 1 atom stereocenters. The SMILES string of the molecule is CC(Nc1nc(C(=O)O)nc2nc(-c3ccc4sccc4c3)n(Cc3ccc(C(F)(F)F)cc3)c12)C1CC1. The molecule has 1 unspecified atom stereocenters. The third kappa shape index (κ3) is 4.58. The lowest BCUT2D eigenvalue weighted by Gasteiger charge is -2.17. The molecule has 11 heteroatoms. The standard InChI is InChI=1S/C27H22F3N5O2S/c1-14(16-4-5-16)31-22-21-23(33-24(32-22)26(36)37)34-25(18-6-9-20-17(12-18)10-11-38-20)35(21)13-15-2-7-19(8-3-15)27(28,29)30/h2-3,6-12,14,16H,4-5,13H2,1H3,(H,36,37)(H,31,32,33). The highest BCUT2D eigenvalue weighted by Gasteiger charge is 2.31. The maximum Gasteiger partial charge on any atom is 0.416 e. The second kappa shape index (κ2) is 9.09. The van der Waals surface area contributed by atoms with E-state index in [2.05, 4.69) is 15.3 Å². The van der Waals surface area contributed by atoms with E-state index in [1.807, 2.05) is 41.1 Å². The maximum atomic E-state index is 13.2. The molecule has 194 valence electrons. The zero-order chi connectivity index (χ0) is 26.6. The number of imidazole rings is 1. The lowest BCUT2D eigenvalue weighted by molar-refractivity contribution is -0.137. The van der Waals surface area contributed by atoms with Crippen molar-refractivity contribution in [2.75, 3.05) is 5.32 Å². The Morgan fingerprint density at radius 1 is 1.13 bits per heavy atom. The molecular formula is C27H22F3N5O2S. The summed E-state index contributed by atoms with van der Waals surface area (Å²) >= 11 is 1.61. The molecular weight excluding hydrogens is 515 g/mol. The number of anilines is 1. The quantitative estimate of drug-likeness (QED) is 0.241. The van der Waals surface area contributed by atoms with Crippen LogP contribution in [0.2, 0.25) is 0 Å². The average Bonchev–Trinajstić information content (AvgIpc) is 3.52. The molecule has 1 aliphatic carbocycles. The van der Waals surface area contributed by atoms with Crippen LogP contribution in [-0.4, -0.2) is 36.6 Å². The van der Waals surface area contributed by atoms with E-state index in [0.29, 0.717) is 28.6 Å². The van der Waals surface area contributed by atoms with Gasteiger partial charge in [0.05, 0.1) is 5.56 Å². The lowest BCUT2D eigenvalue weighted by atomic mass is 10.1. The monoisotopic (exact) mass is 537 g/mol. The average molecular weight is 538 g/mol. The van der Waals surface area contributed by atoms with Crippen LogP contribution in [-0.2, 0) is 12.7 Å². The second-order valence-corrected chi connectivity index (χ2v) is 10.5. The first-order valence-electron chi connectivity index (χ1n) is 12.1. The molecule has 38 heavy (non-hydrogen) atoms. The highest BCUT2D eigenvalue weighted by molar-refractivity contribution is 7.17. The Balaban J connectivity index is 1.54. The predicted octanol–water partition coefficient (Wildman–Crippen LogP) is 6.68. The van der Waals surface area contributed by atoms with Crippen LogP contribution in [0.3, 0.4) is 0 Å². The number of carboxylic acids is 1. The number of nitrogens with one attached hydrogen (secondary N) is 1. The third-order valence-corrected chi connectivity index (χ3v) is 7.72. The van der Waals surface area contributed by atoms with Gasteiger partial charge in [-0.25, -0.2) is 19.7 Å². The molecule has 1 fully saturated rings. The van der Waals surface area contributed by atoms with Crippen molar-refractivity contribution >= 4 is 44.4 Å². The van der Waals surface area contributed by atoms with E-state index in [0.717, 1.165) is 40.6 Å². The number of nitrogens with zero attached hydrogens (tertiary/aromatic N) is 4. The van der Waals surface area contributed by atoms with Gasteiger partial charge >= 0.3 is 12.1 Å². The van der Waals surface area contributed by atoms with Crippen molar-refractivity contribution in [2.45, 2.75) is 38.5 Å². The normalized spacial score (nSPS) is 14.7. The van der Waals surface area contributed by atoms with Crippen molar-refractivity contribution in [1.29, 1.82) is 0 Å². The number of aromatic nitrogens is 4. The lowest BCUT2D eigenvalue weighted by Crippen LogP contribution is -2.20. The number of hydrogen-bond donors (Lipinski definition) is 2. The van der Waals surface area contributed by atoms with E-state index in [1.165, 1.54) is 12.1 Å². The summed E-state index contributed by atoms with van der Waals surface area (Å²) in [5, 5.41) is 16.0. The van der Waals surface area contributed by atoms with Crippen LogP contribution in [0, 0.1) is 5.92 Å². The van der Waals surface area contributed by atoms with Crippen molar-refractivity contribution in [2.24, 2.45) is 5.92 Å². The first kappa shape index (κ1) is 24.4. The minimum Gasteiger partial charge on any atom is -0.475 e. The van der Waals surface area contributed by atoms with Gasteiger partial charge in [-0.2, -0.15) is 13.2 Å². The number of hydrogen-bond acceptors (Lipinski definition) is 6. The Kier molecular flexibility index (Phi) is 5.82. The third-order valence-electron chi connectivity index (χ3n) is 6.82. The van der Waals surface area contributed by atoms with Crippen LogP contribution in [0.4, 0.5) is 19.0 Å².